The molecular formula is C28H49NO4. The van der Waals surface area contributed by atoms with E-state index in [9.17, 15) is 9.59 Å². The van der Waals surface area contributed by atoms with Crippen LogP contribution in [0, 0.1) is 6.92 Å². The Balaban J connectivity index is 2.19. The summed E-state index contributed by atoms with van der Waals surface area (Å²) in [7, 11) is 1.59. The van der Waals surface area contributed by atoms with Crippen LogP contribution in [0.15, 0.2) is 0 Å². The Morgan fingerprint density at radius 3 is 1.70 bits per heavy atom. The van der Waals surface area contributed by atoms with Gasteiger partial charge in [-0.15, -0.1) is 0 Å². The fourth-order valence-corrected chi connectivity index (χ4v) is 4.48. The highest BCUT2D eigenvalue weighted by atomic mass is 16.5. The molecule has 1 rings (SSSR count). The molecule has 0 radical (unpaired) electrons. The molecule has 1 heterocycles. The molecule has 1 N–H and O–H groups in total. The van der Waals surface area contributed by atoms with Gasteiger partial charge in [0.25, 0.3) is 0 Å². The summed E-state index contributed by atoms with van der Waals surface area (Å²) in [6.07, 6.45) is 20.1. The van der Waals surface area contributed by atoms with Gasteiger partial charge in [0.1, 0.15) is 5.69 Å². The van der Waals surface area contributed by atoms with E-state index in [4.69, 9.17) is 9.47 Å². The number of esters is 1. The standard InChI is InChI=1S/C28H49NO4/c1-5-7-8-9-10-11-12-13-14-15-16-17-18-19-20-21-25(30)26-23(3)27(28(31)33-6-2)29-24(26)22-32-4/h29H,5-22H2,1-4H3. The molecule has 0 unspecified atom stereocenters. The van der Waals surface area contributed by atoms with Crippen LogP contribution in [0.2, 0.25) is 0 Å². The van der Waals surface area contributed by atoms with E-state index in [1.54, 1.807) is 14.0 Å². The third kappa shape index (κ3) is 11.9. The summed E-state index contributed by atoms with van der Waals surface area (Å²) in [5.41, 5.74) is 2.31. The van der Waals surface area contributed by atoms with Crippen LogP contribution < -0.4 is 0 Å². The van der Waals surface area contributed by atoms with Crippen LogP contribution >= 0.6 is 0 Å². The lowest BCUT2D eigenvalue weighted by Crippen LogP contribution is -2.07. The zero-order valence-electron chi connectivity index (χ0n) is 21.9. The molecule has 0 saturated heterocycles. The lowest BCUT2D eigenvalue weighted by atomic mass is 9.99. The predicted molar refractivity (Wildman–Crippen MR) is 136 cm³/mol. The maximum Gasteiger partial charge on any atom is 0.355 e. The number of hydrogen-bond acceptors (Lipinski definition) is 4. The van der Waals surface area contributed by atoms with E-state index >= 15 is 0 Å². The quantitative estimate of drug-likeness (QED) is 0.114. The molecule has 1 aromatic heterocycles. The lowest BCUT2D eigenvalue weighted by Gasteiger charge is -2.05. The van der Waals surface area contributed by atoms with Crippen molar-refractivity contribution in [3.8, 4) is 0 Å². The first kappa shape index (κ1) is 29.4. The van der Waals surface area contributed by atoms with Crippen molar-refractivity contribution in [3.63, 3.8) is 0 Å². The molecule has 0 aromatic carbocycles. The van der Waals surface area contributed by atoms with Gasteiger partial charge in [-0.2, -0.15) is 0 Å². The number of H-pyrrole nitrogens is 1. The van der Waals surface area contributed by atoms with E-state index in [0.717, 1.165) is 12.8 Å². The Morgan fingerprint density at radius 2 is 1.24 bits per heavy atom. The van der Waals surface area contributed by atoms with E-state index in [0.29, 0.717) is 35.5 Å². The average molecular weight is 464 g/mol. The van der Waals surface area contributed by atoms with Crippen molar-refractivity contribution in [2.75, 3.05) is 13.7 Å². The third-order valence-corrected chi connectivity index (χ3v) is 6.38. The van der Waals surface area contributed by atoms with Gasteiger partial charge in [0.15, 0.2) is 5.78 Å². The van der Waals surface area contributed by atoms with Gasteiger partial charge in [0.2, 0.25) is 0 Å². The van der Waals surface area contributed by atoms with Gasteiger partial charge in [-0.1, -0.05) is 96.8 Å². The van der Waals surface area contributed by atoms with Gasteiger partial charge in [-0.3, -0.25) is 4.79 Å². The van der Waals surface area contributed by atoms with Crippen molar-refractivity contribution < 1.29 is 19.1 Å². The average Bonchev–Trinajstić information content (AvgIpc) is 3.12. The van der Waals surface area contributed by atoms with Gasteiger partial charge in [-0.25, -0.2) is 4.79 Å². The predicted octanol–water partition coefficient (Wildman–Crippen LogP) is 8.09. The smallest absolute Gasteiger partial charge is 0.355 e. The summed E-state index contributed by atoms with van der Waals surface area (Å²) in [5, 5.41) is 0. The SMILES string of the molecule is CCCCCCCCCCCCCCCCCC(=O)c1c(COC)[nH]c(C(=O)OCC)c1C. The molecule has 0 atom stereocenters. The lowest BCUT2D eigenvalue weighted by molar-refractivity contribution is 0.0519. The van der Waals surface area contributed by atoms with Crippen molar-refractivity contribution in [1.29, 1.82) is 0 Å². The monoisotopic (exact) mass is 463 g/mol. The Kier molecular flexibility index (Phi) is 16.7. The molecule has 0 saturated carbocycles. The van der Waals surface area contributed by atoms with E-state index in [1.165, 1.54) is 83.5 Å². The van der Waals surface area contributed by atoms with E-state index in [1.807, 2.05) is 6.92 Å². The Morgan fingerprint density at radius 1 is 0.758 bits per heavy atom. The van der Waals surface area contributed by atoms with Crippen molar-refractivity contribution in [2.24, 2.45) is 0 Å². The van der Waals surface area contributed by atoms with Crippen molar-refractivity contribution in [2.45, 2.75) is 130 Å². The van der Waals surface area contributed by atoms with Gasteiger partial charge in [0, 0.05) is 19.1 Å². The molecule has 0 fully saturated rings. The summed E-state index contributed by atoms with van der Waals surface area (Å²) in [4.78, 5) is 28.1. The number of unbranched alkanes of at least 4 members (excludes halogenated alkanes) is 14. The first-order chi connectivity index (χ1) is 16.1. The first-order valence-electron chi connectivity index (χ1n) is 13.5. The zero-order valence-corrected chi connectivity index (χ0v) is 21.9. The molecule has 0 aliphatic carbocycles. The Bertz CT molecular complexity index is 665. The van der Waals surface area contributed by atoms with Crippen molar-refractivity contribution in [3.05, 3.63) is 22.5 Å². The van der Waals surface area contributed by atoms with Crippen LogP contribution in [0.5, 0.6) is 0 Å². The number of carbonyl (C=O) groups excluding carboxylic acids is 2. The number of Topliss-reactive ketones (excluding diaryl/α,β-unsaturated/α-hetero) is 1. The number of rotatable bonds is 21. The van der Waals surface area contributed by atoms with Gasteiger partial charge in [0.05, 0.1) is 18.9 Å². The molecule has 33 heavy (non-hydrogen) atoms. The topological polar surface area (TPSA) is 68.4 Å². The summed E-state index contributed by atoms with van der Waals surface area (Å²) in [6.45, 7) is 6.43. The van der Waals surface area contributed by atoms with Crippen LogP contribution in [0.4, 0.5) is 0 Å². The fraction of sp³-hybridized carbons (Fsp3) is 0.786. The van der Waals surface area contributed by atoms with Crippen LogP contribution in [-0.4, -0.2) is 30.5 Å². The second-order valence-corrected chi connectivity index (χ2v) is 9.25. The van der Waals surface area contributed by atoms with Crippen LogP contribution in [0.25, 0.3) is 0 Å². The van der Waals surface area contributed by atoms with E-state index in [-0.39, 0.29) is 12.4 Å². The minimum Gasteiger partial charge on any atom is -0.461 e. The summed E-state index contributed by atoms with van der Waals surface area (Å²) in [5.74, 6) is -0.334. The molecule has 0 amide bonds. The zero-order chi connectivity index (χ0) is 24.3. The highest BCUT2D eigenvalue weighted by molar-refractivity contribution is 6.02. The van der Waals surface area contributed by atoms with E-state index < -0.39 is 5.97 Å². The van der Waals surface area contributed by atoms with Crippen molar-refractivity contribution >= 4 is 11.8 Å². The number of carbonyl (C=O) groups is 2. The number of aromatic amines is 1. The highest BCUT2D eigenvalue weighted by Gasteiger charge is 2.24. The van der Waals surface area contributed by atoms with Crippen molar-refractivity contribution in [1.82, 2.24) is 4.98 Å². The molecule has 1 aromatic rings. The number of ether oxygens (including phenoxy) is 2. The second-order valence-electron chi connectivity index (χ2n) is 9.25. The number of aromatic nitrogens is 1. The molecule has 5 nitrogen and oxygen atoms in total. The van der Waals surface area contributed by atoms with Gasteiger partial charge >= 0.3 is 5.97 Å². The van der Waals surface area contributed by atoms with Crippen LogP contribution in [0.3, 0.4) is 0 Å². The number of nitrogens with one attached hydrogen (secondary N) is 1. The maximum atomic E-state index is 12.9. The summed E-state index contributed by atoms with van der Waals surface area (Å²) in [6, 6.07) is 0. The number of hydrogen-bond donors (Lipinski definition) is 1. The first-order valence-corrected chi connectivity index (χ1v) is 13.5. The fourth-order valence-electron chi connectivity index (χ4n) is 4.48. The number of ketones is 1. The second kappa shape index (κ2) is 18.8. The molecule has 0 bridgehead atoms. The largest absolute Gasteiger partial charge is 0.461 e. The molecule has 0 aliphatic rings. The van der Waals surface area contributed by atoms with Gasteiger partial charge in [-0.05, 0) is 25.8 Å². The van der Waals surface area contributed by atoms with Crippen LogP contribution in [-0.2, 0) is 16.1 Å². The number of methoxy groups -OCH3 is 1. The van der Waals surface area contributed by atoms with E-state index in [2.05, 4.69) is 11.9 Å². The van der Waals surface area contributed by atoms with Gasteiger partial charge < -0.3 is 14.5 Å². The maximum absolute atomic E-state index is 12.9. The minimum atomic E-state index is -0.418. The molecule has 5 heteroatoms. The molecule has 190 valence electrons. The summed E-state index contributed by atoms with van der Waals surface area (Å²) >= 11 is 0. The molecule has 0 aliphatic heterocycles. The summed E-state index contributed by atoms with van der Waals surface area (Å²) < 4.78 is 10.3. The normalized spacial score (nSPS) is 11.2. The third-order valence-electron chi connectivity index (χ3n) is 6.38. The minimum absolute atomic E-state index is 0.0843. The van der Waals surface area contributed by atoms with Crippen LogP contribution in [0.1, 0.15) is 149 Å². The Labute approximate surface area is 202 Å². The molecule has 0 spiro atoms. The molecular weight excluding hydrogens is 414 g/mol. The Hall–Kier alpha value is -1.62. The highest BCUT2D eigenvalue weighted by Crippen LogP contribution is 2.23.